The van der Waals surface area contributed by atoms with Gasteiger partial charge in [-0.2, -0.15) is 0 Å². The minimum atomic E-state index is 0.331. The summed E-state index contributed by atoms with van der Waals surface area (Å²) in [5, 5.41) is 3.91. The first-order valence-electron chi connectivity index (χ1n) is 9.18. The van der Waals surface area contributed by atoms with Gasteiger partial charge in [0.05, 0.1) is 6.61 Å². The Morgan fingerprint density at radius 1 is 1.14 bits per heavy atom. The molecule has 1 saturated carbocycles. The number of hydrogen-bond donors (Lipinski definition) is 1. The van der Waals surface area contributed by atoms with Gasteiger partial charge in [-0.25, -0.2) is 0 Å². The minimum absolute atomic E-state index is 0.331. The lowest BCUT2D eigenvalue weighted by atomic mass is 9.81. The van der Waals surface area contributed by atoms with Crippen molar-refractivity contribution in [3.8, 4) is 0 Å². The molecular weight excluding hydrogens is 260 g/mol. The third kappa shape index (κ3) is 4.00. The average molecular weight is 296 g/mol. The van der Waals surface area contributed by atoms with Crippen molar-refractivity contribution in [2.75, 3.05) is 32.8 Å². The first kappa shape index (κ1) is 17.2. The zero-order chi connectivity index (χ0) is 15.3. The molecule has 2 rings (SSSR count). The predicted octanol–water partition coefficient (Wildman–Crippen LogP) is 3.44. The van der Waals surface area contributed by atoms with Crippen LogP contribution in [0.25, 0.3) is 0 Å². The maximum Gasteiger partial charge on any atom is 0.0593 e. The van der Waals surface area contributed by atoms with Crippen molar-refractivity contribution in [1.29, 1.82) is 0 Å². The van der Waals surface area contributed by atoms with Crippen molar-refractivity contribution in [3.63, 3.8) is 0 Å². The molecule has 1 saturated heterocycles. The molecule has 0 aromatic carbocycles. The van der Waals surface area contributed by atoms with Crippen LogP contribution in [0, 0.1) is 5.92 Å². The molecule has 3 nitrogen and oxygen atoms in total. The number of rotatable bonds is 9. The van der Waals surface area contributed by atoms with Gasteiger partial charge in [0.15, 0.2) is 0 Å². The Balaban J connectivity index is 1.92. The monoisotopic (exact) mass is 296 g/mol. The van der Waals surface area contributed by atoms with Gasteiger partial charge in [0.2, 0.25) is 0 Å². The standard InChI is InChI=1S/C18H36N2O/c1-5-8-12-21-13-11-20-15-17(4,16-9-10-16)19-14-18(20,6-2)7-3/h16,19H,5-15H2,1-4H3. The van der Waals surface area contributed by atoms with Crippen LogP contribution in [-0.2, 0) is 4.74 Å². The van der Waals surface area contributed by atoms with E-state index in [4.69, 9.17) is 4.74 Å². The van der Waals surface area contributed by atoms with Gasteiger partial charge in [0, 0.05) is 37.3 Å². The SMILES string of the molecule is CCCCOCCN1CC(C)(C2CC2)NCC1(CC)CC. The molecule has 1 unspecified atom stereocenters. The van der Waals surface area contributed by atoms with Crippen LogP contribution in [0.5, 0.6) is 0 Å². The highest BCUT2D eigenvalue weighted by Gasteiger charge is 2.49. The largest absolute Gasteiger partial charge is 0.380 e. The van der Waals surface area contributed by atoms with Crippen LogP contribution in [0.2, 0.25) is 0 Å². The van der Waals surface area contributed by atoms with Crippen molar-refractivity contribution in [2.45, 2.75) is 77.3 Å². The van der Waals surface area contributed by atoms with E-state index in [2.05, 4.69) is 37.9 Å². The lowest BCUT2D eigenvalue weighted by Crippen LogP contribution is -2.70. The van der Waals surface area contributed by atoms with Crippen molar-refractivity contribution in [3.05, 3.63) is 0 Å². The van der Waals surface area contributed by atoms with E-state index in [1.807, 2.05) is 0 Å². The highest BCUT2D eigenvalue weighted by molar-refractivity contribution is 5.08. The van der Waals surface area contributed by atoms with Crippen molar-refractivity contribution < 1.29 is 4.74 Å². The average Bonchev–Trinajstić information content (AvgIpc) is 3.33. The Labute approximate surface area is 131 Å². The lowest BCUT2D eigenvalue weighted by molar-refractivity contribution is -0.0222. The molecule has 2 aliphatic rings. The van der Waals surface area contributed by atoms with Gasteiger partial charge < -0.3 is 10.1 Å². The molecule has 21 heavy (non-hydrogen) atoms. The normalized spacial score (nSPS) is 29.7. The molecule has 0 aromatic heterocycles. The summed E-state index contributed by atoms with van der Waals surface area (Å²) in [4.78, 5) is 2.74. The van der Waals surface area contributed by atoms with Gasteiger partial charge >= 0.3 is 0 Å². The molecule has 0 aromatic rings. The van der Waals surface area contributed by atoms with Crippen LogP contribution >= 0.6 is 0 Å². The summed E-state index contributed by atoms with van der Waals surface area (Å²) in [6, 6.07) is 0. The Morgan fingerprint density at radius 2 is 1.86 bits per heavy atom. The van der Waals surface area contributed by atoms with E-state index in [1.165, 1.54) is 45.1 Å². The summed E-state index contributed by atoms with van der Waals surface area (Å²) < 4.78 is 5.84. The predicted molar refractivity (Wildman–Crippen MR) is 89.7 cm³/mol. The molecule has 124 valence electrons. The number of ether oxygens (including phenoxy) is 1. The molecule has 1 atom stereocenters. The third-order valence-corrected chi connectivity index (χ3v) is 5.95. The van der Waals surface area contributed by atoms with E-state index < -0.39 is 0 Å². The third-order valence-electron chi connectivity index (χ3n) is 5.95. The topological polar surface area (TPSA) is 24.5 Å². The fraction of sp³-hybridized carbons (Fsp3) is 1.00. The number of nitrogens with one attached hydrogen (secondary N) is 1. The second-order valence-corrected chi connectivity index (χ2v) is 7.36. The van der Waals surface area contributed by atoms with Crippen LogP contribution in [0.1, 0.15) is 66.2 Å². The fourth-order valence-electron chi connectivity index (χ4n) is 3.88. The summed E-state index contributed by atoms with van der Waals surface area (Å²) >= 11 is 0. The van der Waals surface area contributed by atoms with E-state index in [1.54, 1.807) is 0 Å². The molecular formula is C18H36N2O. The van der Waals surface area contributed by atoms with Gasteiger partial charge in [-0.3, -0.25) is 4.90 Å². The molecule has 0 radical (unpaired) electrons. The summed E-state index contributed by atoms with van der Waals surface area (Å²) in [6.45, 7) is 14.6. The first-order chi connectivity index (χ1) is 10.1. The maximum absolute atomic E-state index is 5.84. The van der Waals surface area contributed by atoms with Crippen molar-refractivity contribution >= 4 is 0 Å². The quantitative estimate of drug-likeness (QED) is 0.660. The Bertz CT molecular complexity index is 312. The Kier molecular flexibility index (Phi) is 6.10. The number of unbranched alkanes of at least 4 members (excludes halogenated alkanes) is 1. The first-order valence-corrected chi connectivity index (χ1v) is 9.18. The second-order valence-electron chi connectivity index (χ2n) is 7.36. The zero-order valence-electron chi connectivity index (χ0n) is 14.7. The molecule has 2 fully saturated rings. The molecule has 1 aliphatic carbocycles. The van der Waals surface area contributed by atoms with Crippen molar-refractivity contribution in [2.24, 2.45) is 5.92 Å². The van der Waals surface area contributed by atoms with E-state index >= 15 is 0 Å². The van der Waals surface area contributed by atoms with Crippen molar-refractivity contribution in [1.82, 2.24) is 10.2 Å². The molecule has 1 aliphatic heterocycles. The van der Waals surface area contributed by atoms with Gasteiger partial charge in [-0.05, 0) is 44.9 Å². The van der Waals surface area contributed by atoms with E-state index in [0.717, 1.165) is 32.2 Å². The molecule has 0 amide bonds. The molecule has 1 N–H and O–H groups in total. The van der Waals surface area contributed by atoms with E-state index in [-0.39, 0.29) is 0 Å². The maximum atomic E-state index is 5.84. The number of piperazine rings is 1. The number of nitrogens with zero attached hydrogens (tertiary/aromatic N) is 1. The summed E-state index contributed by atoms with van der Waals surface area (Å²) in [5.74, 6) is 0.896. The Hall–Kier alpha value is -0.120. The number of hydrogen-bond acceptors (Lipinski definition) is 3. The Morgan fingerprint density at radius 3 is 2.43 bits per heavy atom. The van der Waals surface area contributed by atoms with Crippen LogP contribution in [0.4, 0.5) is 0 Å². The lowest BCUT2D eigenvalue weighted by Gasteiger charge is -2.54. The van der Waals surface area contributed by atoms with Crippen LogP contribution in [0.15, 0.2) is 0 Å². The molecule has 3 heteroatoms. The van der Waals surface area contributed by atoms with E-state index in [9.17, 15) is 0 Å². The fourth-order valence-corrected chi connectivity index (χ4v) is 3.88. The zero-order valence-corrected chi connectivity index (χ0v) is 14.7. The minimum Gasteiger partial charge on any atom is -0.380 e. The van der Waals surface area contributed by atoms with Crippen LogP contribution < -0.4 is 5.32 Å². The summed E-state index contributed by atoms with van der Waals surface area (Å²) in [7, 11) is 0. The summed E-state index contributed by atoms with van der Waals surface area (Å²) in [6.07, 6.45) is 7.69. The van der Waals surface area contributed by atoms with Gasteiger partial charge in [-0.1, -0.05) is 27.2 Å². The van der Waals surface area contributed by atoms with Gasteiger partial charge in [0.25, 0.3) is 0 Å². The van der Waals surface area contributed by atoms with Crippen LogP contribution in [0.3, 0.4) is 0 Å². The molecule has 1 heterocycles. The highest BCUT2D eigenvalue weighted by Crippen LogP contribution is 2.43. The second kappa shape index (κ2) is 7.43. The molecule has 0 spiro atoms. The highest BCUT2D eigenvalue weighted by atomic mass is 16.5. The molecule has 0 bridgehead atoms. The van der Waals surface area contributed by atoms with E-state index in [0.29, 0.717) is 11.1 Å². The smallest absolute Gasteiger partial charge is 0.0593 e. The van der Waals surface area contributed by atoms with Gasteiger partial charge in [-0.15, -0.1) is 0 Å². The summed E-state index contributed by atoms with van der Waals surface area (Å²) in [5.41, 5.74) is 0.666. The van der Waals surface area contributed by atoms with Gasteiger partial charge in [0.1, 0.15) is 0 Å². The van der Waals surface area contributed by atoms with Crippen LogP contribution in [-0.4, -0.2) is 48.8 Å².